The Balaban J connectivity index is 1.93. The molecule has 13 heavy (non-hydrogen) atoms. The molecule has 2 saturated heterocycles. The van der Waals surface area contributed by atoms with E-state index in [1.54, 1.807) is 14.2 Å². The summed E-state index contributed by atoms with van der Waals surface area (Å²) < 4.78 is 0. The Hall–Kier alpha value is -0.240. The molecule has 76 valence electrons. The first kappa shape index (κ1) is 9.32. The van der Waals surface area contributed by atoms with E-state index in [-0.39, 0.29) is 0 Å². The molecule has 2 aliphatic rings. The van der Waals surface area contributed by atoms with Crippen molar-refractivity contribution in [3.05, 3.63) is 0 Å². The van der Waals surface area contributed by atoms with Crippen molar-refractivity contribution in [2.75, 3.05) is 47.6 Å². The monoisotopic (exact) mass is 188 g/mol. The molecule has 0 amide bonds. The molecule has 2 heterocycles. The number of hydroxylamine groups is 4. The predicted molar refractivity (Wildman–Crippen MR) is 45.7 cm³/mol. The Kier molecular flexibility index (Phi) is 2.77. The average Bonchev–Trinajstić information content (AvgIpc) is 2.16. The zero-order valence-electron chi connectivity index (χ0n) is 8.14. The van der Waals surface area contributed by atoms with Gasteiger partial charge in [0.15, 0.2) is 0 Å². The van der Waals surface area contributed by atoms with Crippen molar-refractivity contribution >= 4 is 0 Å². The summed E-state index contributed by atoms with van der Waals surface area (Å²) in [5.74, 6) is 0. The first-order valence-electron chi connectivity index (χ1n) is 4.34. The van der Waals surface area contributed by atoms with Crippen LogP contribution in [-0.2, 0) is 9.68 Å². The van der Waals surface area contributed by atoms with Crippen molar-refractivity contribution in [3.8, 4) is 0 Å². The third-order valence-electron chi connectivity index (χ3n) is 2.35. The van der Waals surface area contributed by atoms with E-state index in [9.17, 15) is 0 Å². The van der Waals surface area contributed by atoms with E-state index in [0.29, 0.717) is 0 Å². The molecule has 2 rings (SSSR count). The molecular formula is C7H16N4O2. The fraction of sp³-hybridized carbons (Fsp3) is 1.00. The van der Waals surface area contributed by atoms with Crippen LogP contribution in [0.3, 0.4) is 0 Å². The van der Waals surface area contributed by atoms with Gasteiger partial charge in [-0.2, -0.15) is 10.1 Å². The van der Waals surface area contributed by atoms with Crippen LogP contribution in [0.1, 0.15) is 0 Å². The van der Waals surface area contributed by atoms with Crippen molar-refractivity contribution < 1.29 is 9.68 Å². The smallest absolute Gasteiger partial charge is 0.0793 e. The van der Waals surface area contributed by atoms with Crippen molar-refractivity contribution in [1.82, 2.24) is 19.9 Å². The molecule has 0 aromatic rings. The van der Waals surface area contributed by atoms with E-state index in [0.717, 1.165) is 33.3 Å². The summed E-state index contributed by atoms with van der Waals surface area (Å²) in [5, 5.41) is 3.85. The molecule has 0 aromatic heterocycles. The SMILES string of the molecule is CON1CN2CN(C1)CN(OC)C2. The normalized spacial score (nSPS) is 36.5. The summed E-state index contributed by atoms with van der Waals surface area (Å²) in [6.45, 7) is 4.36. The predicted octanol–water partition coefficient (Wildman–Crippen LogP) is -0.868. The molecule has 0 atom stereocenters. The van der Waals surface area contributed by atoms with Crippen LogP contribution in [0.4, 0.5) is 0 Å². The number of hydrogen-bond donors (Lipinski definition) is 0. The van der Waals surface area contributed by atoms with E-state index in [2.05, 4.69) is 9.80 Å². The summed E-state index contributed by atoms with van der Waals surface area (Å²) >= 11 is 0. The minimum Gasteiger partial charge on any atom is -0.300 e. The van der Waals surface area contributed by atoms with Gasteiger partial charge in [-0.3, -0.25) is 19.5 Å². The minimum absolute atomic E-state index is 0.840. The van der Waals surface area contributed by atoms with Crippen LogP contribution in [-0.4, -0.2) is 67.5 Å². The second-order valence-corrected chi connectivity index (χ2v) is 3.38. The molecule has 6 heteroatoms. The molecule has 0 radical (unpaired) electrons. The highest BCUT2D eigenvalue weighted by atomic mass is 16.7. The molecule has 0 N–H and O–H groups in total. The molecule has 6 nitrogen and oxygen atoms in total. The van der Waals surface area contributed by atoms with Gasteiger partial charge in [0, 0.05) is 0 Å². The second kappa shape index (κ2) is 3.87. The van der Waals surface area contributed by atoms with Gasteiger partial charge in [-0.25, -0.2) is 0 Å². The highest BCUT2D eigenvalue weighted by molar-refractivity contribution is 4.68. The van der Waals surface area contributed by atoms with Crippen molar-refractivity contribution in [1.29, 1.82) is 0 Å². The van der Waals surface area contributed by atoms with Crippen LogP contribution >= 0.6 is 0 Å². The third-order valence-corrected chi connectivity index (χ3v) is 2.35. The maximum Gasteiger partial charge on any atom is 0.0793 e. The number of nitrogens with zero attached hydrogens (tertiary/aromatic N) is 4. The largest absolute Gasteiger partial charge is 0.300 e. The Labute approximate surface area is 78.1 Å². The number of fused-ring (bicyclic) bond motifs is 2. The molecule has 2 bridgehead atoms. The van der Waals surface area contributed by atoms with Gasteiger partial charge in [0.2, 0.25) is 0 Å². The van der Waals surface area contributed by atoms with Crippen LogP contribution in [0, 0.1) is 0 Å². The van der Waals surface area contributed by atoms with Crippen molar-refractivity contribution in [2.45, 2.75) is 0 Å². The van der Waals surface area contributed by atoms with Crippen LogP contribution in [0.5, 0.6) is 0 Å². The van der Waals surface area contributed by atoms with Gasteiger partial charge in [-0.15, -0.1) is 0 Å². The highest BCUT2D eigenvalue weighted by Crippen LogP contribution is 2.13. The quantitative estimate of drug-likeness (QED) is 0.560. The lowest BCUT2D eigenvalue weighted by molar-refractivity contribution is -0.293. The first-order valence-corrected chi connectivity index (χ1v) is 4.34. The van der Waals surface area contributed by atoms with Crippen LogP contribution in [0.25, 0.3) is 0 Å². The molecule has 0 aliphatic carbocycles. The minimum atomic E-state index is 0.840. The van der Waals surface area contributed by atoms with Gasteiger partial charge < -0.3 is 0 Å². The fourth-order valence-corrected chi connectivity index (χ4v) is 1.76. The summed E-state index contributed by atoms with van der Waals surface area (Å²) in [4.78, 5) is 14.9. The lowest BCUT2D eigenvalue weighted by Gasteiger charge is -2.47. The Morgan fingerprint density at radius 3 is 1.38 bits per heavy atom. The summed E-state index contributed by atoms with van der Waals surface area (Å²) in [6, 6.07) is 0. The van der Waals surface area contributed by atoms with Gasteiger partial charge in [0.05, 0.1) is 47.6 Å². The van der Waals surface area contributed by atoms with Gasteiger partial charge in [0.25, 0.3) is 0 Å². The van der Waals surface area contributed by atoms with Crippen LogP contribution < -0.4 is 0 Å². The van der Waals surface area contributed by atoms with Crippen molar-refractivity contribution in [3.63, 3.8) is 0 Å². The molecule has 2 fully saturated rings. The van der Waals surface area contributed by atoms with E-state index in [4.69, 9.17) is 9.68 Å². The lowest BCUT2D eigenvalue weighted by Crippen LogP contribution is -2.63. The standard InChI is InChI=1S/C7H16N4O2/c1-12-10-4-8-3-9(5-10)7-11(6-8)13-2/h3-7H2,1-2H3. The lowest BCUT2D eigenvalue weighted by atomic mass is 10.5. The van der Waals surface area contributed by atoms with Gasteiger partial charge >= 0.3 is 0 Å². The third kappa shape index (κ3) is 1.98. The average molecular weight is 188 g/mol. The molecule has 0 unspecified atom stereocenters. The summed E-state index contributed by atoms with van der Waals surface area (Å²) in [6.07, 6.45) is 0. The molecule has 0 spiro atoms. The highest BCUT2D eigenvalue weighted by Gasteiger charge is 2.30. The number of rotatable bonds is 2. The molecular weight excluding hydrogens is 172 g/mol. The molecule has 0 aromatic carbocycles. The zero-order chi connectivity index (χ0) is 9.26. The zero-order valence-corrected chi connectivity index (χ0v) is 8.14. The summed E-state index contributed by atoms with van der Waals surface area (Å²) in [5.41, 5.74) is 0. The van der Waals surface area contributed by atoms with E-state index in [1.807, 2.05) is 10.1 Å². The molecule has 0 saturated carbocycles. The summed E-state index contributed by atoms with van der Waals surface area (Å²) in [7, 11) is 3.41. The Bertz CT molecular complexity index is 150. The van der Waals surface area contributed by atoms with Gasteiger partial charge in [-0.1, -0.05) is 0 Å². The van der Waals surface area contributed by atoms with E-state index >= 15 is 0 Å². The first-order chi connectivity index (χ1) is 6.31. The van der Waals surface area contributed by atoms with Crippen LogP contribution in [0.15, 0.2) is 0 Å². The maximum absolute atomic E-state index is 5.19. The Morgan fingerprint density at radius 2 is 1.08 bits per heavy atom. The maximum atomic E-state index is 5.19. The van der Waals surface area contributed by atoms with Crippen LogP contribution in [0.2, 0.25) is 0 Å². The molecule has 2 aliphatic heterocycles. The van der Waals surface area contributed by atoms with E-state index in [1.165, 1.54) is 0 Å². The van der Waals surface area contributed by atoms with Gasteiger partial charge in [-0.05, 0) is 0 Å². The fourth-order valence-electron chi connectivity index (χ4n) is 1.76. The van der Waals surface area contributed by atoms with Gasteiger partial charge in [0.1, 0.15) is 0 Å². The van der Waals surface area contributed by atoms with E-state index < -0.39 is 0 Å². The number of hydrogen-bond acceptors (Lipinski definition) is 6. The van der Waals surface area contributed by atoms with Crippen molar-refractivity contribution in [2.24, 2.45) is 0 Å². The second-order valence-electron chi connectivity index (χ2n) is 3.38. The Morgan fingerprint density at radius 1 is 0.692 bits per heavy atom. The topological polar surface area (TPSA) is 31.4 Å².